The molecule has 3 aliphatic heterocycles. The molecule has 1 aromatic heterocycles. The summed E-state index contributed by atoms with van der Waals surface area (Å²) in [4.78, 5) is 54.6. The molecule has 8 N–H and O–H groups in total. The van der Waals surface area contributed by atoms with Crippen LogP contribution in [-0.2, 0) is 21.0 Å². The highest BCUT2D eigenvalue weighted by atomic mass is 16.5. The van der Waals surface area contributed by atoms with Gasteiger partial charge in [-0.25, -0.2) is 4.79 Å². The van der Waals surface area contributed by atoms with Crippen LogP contribution in [0.15, 0.2) is 54.6 Å². The van der Waals surface area contributed by atoms with Crippen molar-refractivity contribution in [3.05, 3.63) is 60.2 Å². The number of piperidine rings is 1. The van der Waals surface area contributed by atoms with Crippen molar-refractivity contribution in [2.24, 2.45) is 11.1 Å². The number of aromatic nitrogens is 2. The van der Waals surface area contributed by atoms with Gasteiger partial charge in [0.1, 0.15) is 23.8 Å². The normalized spacial score (nSPS) is 20.9. The largest absolute Gasteiger partial charge is 0.488 e. The summed E-state index contributed by atoms with van der Waals surface area (Å²) >= 11 is 0. The summed E-state index contributed by atoms with van der Waals surface area (Å²) in [6.45, 7) is 7.81. The van der Waals surface area contributed by atoms with Gasteiger partial charge >= 0.3 is 12.0 Å². The number of hydrogen-bond donors (Lipinski definition) is 7. The molecule has 0 bridgehead atoms. The van der Waals surface area contributed by atoms with Crippen molar-refractivity contribution in [3.63, 3.8) is 0 Å². The molecule has 56 heavy (non-hydrogen) atoms. The Labute approximate surface area is 326 Å². The highest BCUT2D eigenvalue weighted by molar-refractivity contribution is 6.05. The van der Waals surface area contributed by atoms with E-state index in [0.29, 0.717) is 36.4 Å². The monoisotopic (exact) mass is 768 g/mol. The maximum absolute atomic E-state index is 13.4. The van der Waals surface area contributed by atoms with Crippen LogP contribution in [0, 0.1) is 5.41 Å². The fourth-order valence-corrected chi connectivity index (χ4v) is 8.24. The molecule has 7 rings (SSSR count). The lowest BCUT2D eigenvalue weighted by Gasteiger charge is -2.50. The first-order chi connectivity index (χ1) is 27.1. The van der Waals surface area contributed by atoms with Crippen LogP contribution >= 0.6 is 0 Å². The van der Waals surface area contributed by atoms with Gasteiger partial charge in [0.15, 0.2) is 5.82 Å². The SMILES string of the molecule is C[C@@H]1Nc2nnc(-c3ccccc3OCc3ccc(NC(=O)[C@H](CCCNC(N)=O)NC(=O)C4(C(=O)O)CCC4)cc3)cc2N2CCN(C3CCNCC3)C[C@@H]12. The van der Waals surface area contributed by atoms with E-state index in [1.807, 2.05) is 36.4 Å². The second kappa shape index (κ2) is 17.1. The number of benzene rings is 2. The van der Waals surface area contributed by atoms with E-state index in [2.05, 4.69) is 59.6 Å². The van der Waals surface area contributed by atoms with Crippen molar-refractivity contribution >= 4 is 41.0 Å². The first-order valence-corrected chi connectivity index (χ1v) is 19.7. The number of para-hydroxylation sites is 1. The maximum atomic E-state index is 13.4. The van der Waals surface area contributed by atoms with E-state index in [9.17, 15) is 24.3 Å². The summed E-state index contributed by atoms with van der Waals surface area (Å²) in [5.41, 5.74) is 7.60. The van der Waals surface area contributed by atoms with Gasteiger partial charge in [-0.1, -0.05) is 30.7 Å². The van der Waals surface area contributed by atoms with Gasteiger partial charge in [-0.3, -0.25) is 19.3 Å². The number of nitrogens with two attached hydrogens (primary N) is 1. The number of aliphatic carboxylic acids is 1. The van der Waals surface area contributed by atoms with Gasteiger partial charge in [0.2, 0.25) is 11.8 Å². The number of carbonyl (C=O) groups is 4. The number of urea groups is 1. The minimum atomic E-state index is -1.53. The van der Waals surface area contributed by atoms with Crippen molar-refractivity contribution in [1.29, 1.82) is 0 Å². The van der Waals surface area contributed by atoms with Crippen LogP contribution in [-0.4, -0.2) is 107 Å². The van der Waals surface area contributed by atoms with Crippen LogP contribution in [0.4, 0.5) is 22.0 Å². The van der Waals surface area contributed by atoms with E-state index in [1.165, 1.54) is 12.8 Å². The van der Waals surface area contributed by atoms with E-state index in [-0.39, 0.29) is 38.5 Å². The fourth-order valence-electron chi connectivity index (χ4n) is 8.24. The van der Waals surface area contributed by atoms with Crippen LogP contribution < -0.4 is 42.0 Å². The van der Waals surface area contributed by atoms with Gasteiger partial charge in [-0.05, 0) is 94.4 Å². The quantitative estimate of drug-likeness (QED) is 0.0932. The second-order valence-corrected chi connectivity index (χ2v) is 15.3. The Balaban J connectivity index is 0.986. The zero-order chi connectivity index (χ0) is 39.2. The summed E-state index contributed by atoms with van der Waals surface area (Å²) < 4.78 is 6.34. The Morgan fingerprint density at radius 1 is 1.05 bits per heavy atom. The number of rotatable bonds is 14. The maximum Gasteiger partial charge on any atom is 0.319 e. The summed E-state index contributed by atoms with van der Waals surface area (Å²) in [5.74, 6) is -0.919. The number of carboxylic acid groups (broad SMARTS) is 1. The van der Waals surface area contributed by atoms with Gasteiger partial charge < -0.3 is 47.1 Å². The Kier molecular flexibility index (Phi) is 11.9. The topological polar surface area (TPSA) is 216 Å². The number of piperazine rings is 1. The van der Waals surface area contributed by atoms with Crippen LogP contribution in [0.2, 0.25) is 0 Å². The average Bonchev–Trinajstić information content (AvgIpc) is 3.18. The summed E-state index contributed by atoms with van der Waals surface area (Å²) in [6, 6.07) is 16.5. The van der Waals surface area contributed by atoms with Crippen molar-refractivity contribution in [3.8, 4) is 17.0 Å². The fraction of sp³-hybridized carbons (Fsp3) is 0.500. The van der Waals surface area contributed by atoms with E-state index >= 15 is 0 Å². The lowest BCUT2D eigenvalue weighted by atomic mass is 9.68. The number of primary amides is 1. The number of carboxylic acids is 1. The third-order valence-electron chi connectivity index (χ3n) is 11.7. The van der Waals surface area contributed by atoms with Crippen molar-refractivity contribution in [2.45, 2.75) is 82.6 Å². The molecular formula is C40H52N10O6. The first kappa shape index (κ1) is 38.8. The highest BCUT2D eigenvalue weighted by Gasteiger charge is 2.52. The lowest BCUT2D eigenvalue weighted by Crippen LogP contribution is -2.63. The molecule has 0 spiro atoms. The molecule has 16 heteroatoms. The van der Waals surface area contributed by atoms with Gasteiger partial charge in [-0.2, -0.15) is 0 Å². The number of fused-ring (bicyclic) bond motifs is 3. The van der Waals surface area contributed by atoms with Crippen molar-refractivity contribution in [1.82, 2.24) is 31.0 Å². The van der Waals surface area contributed by atoms with Gasteiger partial charge in [0, 0.05) is 49.5 Å². The molecule has 2 saturated heterocycles. The minimum Gasteiger partial charge on any atom is -0.488 e. The Bertz CT molecular complexity index is 1900. The number of carbonyl (C=O) groups excluding carboxylic acids is 3. The standard InChI is InChI=1S/C40H52N10O6/c1-25-33-23-49(28-13-18-42-19-14-28)20-21-50(33)32-22-31(47-48-35(32)44-25)29-6-2-3-8-34(29)56-24-26-9-11-27(12-10-26)45-36(51)30(7-4-17-43-39(41)55)46-37(52)40(38(53)54)15-5-16-40/h2-3,6,8-12,22,25,28,30,33,42H,4-5,7,13-21,23-24H2,1H3,(H,44,48)(H,45,51)(H,46,52)(H,53,54)(H3,41,43,55)/t25-,30-,33-/m0/s1. The smallest absolute Gasteiger partial charge is 0.319 e. The van der Waals surface area contributed by atoms with Crippen molar-refractivity contribution in [2.75, 3.05) is 54.8 Å². The van der Waals surface area contributed by atoms with Crippen LogP contribution in [0.3, 0.4) is 0 Å². The number of amides is 4. The zero-order valence-electron chi connectivity index (χ0n) is 31.8. The summed E-state index contributed by atoms with van der Waals surface area (Å²) in [6.07, 6.45) is 3.94. The van der Waals surface area contributed by atoms with E-state index < -0.39 is 35.3 Å². The molecule has 4 heterocycles. The second-order valence-electron chi connectivity index (χ2n) is 15.3. The van der Waals surface area contributed by atoms with Gasteiger partial charge in [0.05, 0.1) is 17.4 Å². The molecule has 16 nitrogen and oxygen atoms in total. The number of anilines is 3. The predicted molar refractivity (Wildman–Crippen MR) is 211 cm³/mol. The van der Waals surface area contributed by atoms with Crippen molar-refractivity contribution < 1.29 is 29.0 Å². The molecule has 4 amide bonds. The van der Waals surface area contributed by atoms with Gasteiger partial charge in [0.25, 0.3) is 0 Å². The molecule has 298 valence electrons. The molecule has 0 radical (unpaired) electrons. The summed E-state index contributed by atoms with van der Waals surface area (Å²) in [5, 5.41) is 34.0. The molecule has 2 aromatic carbocycles. The Morgan fingerprint density at radius 3 is 2.54 bits per heavy atom. The van der Waals surface area contributed by atoms with Crippen LogP contribution in [0.1, 0.15) is 57.4 Å². The number of ether oxygens (including phenoxy) is 1. The molecule has 3 fully saturated rings. The molecule has 1 aliphatic carbocycles. The van der Waals surface area contributed by atoms with E-state index in [0.717, 1.165) is 61.0 Å². The number of nitrogens with zero attached hydrogens (tertiary/aromatic N) is 4. The third-order valence-corrected chi connectivity index (χ3v) is 11.7. The van der Waals surface area contributed by atoms with E-state index in [4.69, 9.17) is 10.5 Å². The molecule has 4 aliphatic rings. The minimum absolute atomic E-state index is 0.166. The molecule has 3 aromatic rings. The molecule has 0 unspecified atom stereocenters. The Morgan fingerprint density at radius 2 is 1.82 bits per heavy atom. The van der Waals surface area contributed by atoms with Gasteiger partial charge in [-0.15, -0.1) is 10.2 Å². The van der Waals surface area contributed by atoms with Crippen LogP contribution in [0.25, 0.3) is 11.3 Å². The van der Waals surface area contributed by atoms with Crippen LogP contribution in [0.5, 0.6) is 5.75 Å². The molecule has 1 saturated carbocycles. The predicted octanol–water partition coefficient (Wildman–Crippen LogP) is 2.91. The lowest BCUT2D eigenvalue weighted by molar-refractivity contribution is -0.162. The molecule has 3 atom stereocenters. The Hall–Kier alpha value is -5.48. The third kappa shape index (κ3) is 8.50. The number of nitrogens with one attached hydrogen (secondary N) is 5. The first-order valence-electron chi connectivity index (χ1n) is 19.7. The zero-order valence-corrected chi connectivity index (χ0v) is 31.8. The average molecular weight is 769 g/mol. The number of hydrogen-bond acceptors (Lipinski definition) is 11. The van der Waals surface area contributed by atoms with E-state index in [1.54, 1.807) is 12.1 Å². The summed E-state index contributed by atoms with van der Waals surface area (Å²) in [7, 11) is 0. The molecular weight excluding hydrogens is 717 g/mol. The highest BCUT2D eigenvalue weighted by Crippen LogP contribution is 2.42.